The molecule has 0 aliphatic rings. The third-order valence-corrected chi connectivity index (χ3v) is 7.36. The number of phenolic OH excluding ortho intramolecular Hbond substituents is 1. The summed E-state index contributed by atoms with van der Waals surface area (Å²) >= 11 is 6.25. The number of carbonyl (C=O) groups is 1. The smallest absolute Gasteiger partial charge is 0.251 e. The highest BCUT2D eigenvalue weighted by Crippen LogP contribution is 2.32. The van der Waals surface area contributed by atoms with Crippen molar-refractivity contribution in [1.29, 1.82) is 0 Å². The van der Waals surface area contributed by atoms with Gasteiger partial charge < -0.3 is 21.1 Å². The molecule has 174 valence electrons. The molecule has 0 atom stereocenters. The van der Waals surface area contributed by atoms with Gasteiger partial charge in [-0.15, -0.1) is 0 Å². The summed E-state index contributed by atoms with van der Waals surface area (Å²) in [7, 11) is -2.05. The van der Waals surface area contributed by atoms with Crippen LogP contribution in [0.4, 0.5) is 23.1 Å². The molecule has 1 heterocycles. The summed E-state index contributed by atoms with van der Waals surface area (Å²) in [5.74, 6) is -0.161. The second-order valence-electron chi connectivity index (χ2n) is 7.49. The number of aromatic nitrogens is 2. The summed E-state index contributed by atoms with van der Waals surface area (Å²) in [5.41, 5.74) is 1.51. The lowest BCUT2D eigenvalue weighted by Gasteiger charge is -2.16. The number of rotatable bonds is 7. The zero-order valence-electron chi connectivity index (χ0n) is 18.5. The number of carbonyl (C=O) groups excluding carboxylic acids is 1. The Morgan fingerprint density at radius 3 is 2.48 bits per heavy atom. The van der Waals surface area contributed by atoms with Crippen LogP contribution >= 0.6 is 11.6 Å². The van der Waals surface area contributed by atoms with Crippen LogP contribution in [0.3, 0.4) is 0 Å². The van der Waals surface area contributed by atoms with Crippen LogP contribution in [0, 0.1) is 6.92 Å². The average molecular weight is 490 g/mol. The maximum atomic E-state index is 12.7. The first kappa shape index (κ1) is 24.3. The van der Waals surface area contributed by atoms with Crippen LogP contribution in [0.15, 0.2) is 47.5 Å². The number of aryl methyl sites for hydroxylation is 1. The number of phenols is 1. The molecule has 0 aliphatic heterocycles. The van der Waals surface area contributed by atoms with E-state index in [-0.39, 0.29) is 39.0 Å². The van der Waals surface area contributed by atoms with Gasteiger partial charge >= 0.3 is 0 Å². The second-order valence-corrected chi connectivity index (χ2v) is 10.4. The summed E-state index contributed by atoms with van der Waals surface area (Å²) in [6, 6.07) is 9.40. The van der Waals surface area contributed by atoms with Gasteiger partial charge in [-0.1, -0.05) is 23.7 Å². The molecular weight excluding hydrogens is 466 g/mol. The van der Waals surface area contributed by atoms with E-state index in [1.54, 1.807) is 39.0 Å². The normalized spacial score (nSPS) is 11.3. The van der Waals surface area contributed by atoms with Crippen molar-refractivity contribution in [3.8, 4) is 5.75 Å². The zero-order valence-corrected chi connectivity index (χ0v) is 20.0. The first-order valence-electron chi connectivity index (χ1n) is 9.99. The molecule has 0 saturated carbocycles. The van der Waals surface area contributed by atoms with Gasteiger partial charge in [-0.25, -0.2) is 13.4 Å². The molecule has 33 heavy (non-hydrogen) atoms. The Labute approximate surface area is 197 Å². The summed E-state index contributed by atoms with van der Waals surface area (Å²) in [6.07, 6.45) is 1.34. The van der Waals surface area contributed by atoms with Crippen molar-refractivity contribution in [2.24, 2.45) is 0 Å². The topological polar surface area (TPSA) is 133 Å². The molecule has 1 amide bonds. The minimum absolute atomic E-state index is 0.0770. The Balaban J connectivity index is 1.97. The van der Waals surface area contributed by atoms with E-state index in [1.165, 1.54) is 31.4 Å². The van der Waals surface area contributed by atoms with Crippen LogP contribution in [-0.4, -0.2) is 41.7 Å². The van der Waals surface area contributed by atoms with Crippen molar-refractivity contribution < 1.29 is 18.3 Å². The molecule has 4 N–H and O–H groups in total. The number of hydrogen-bond acceptors (Lipinski definition) is 8. The number of halogens is 1. The van der Waals surface area contributed by atoms with Crippen molar-refractivity contribution in [2.45, 2.75) is 30.9 Å². The third-order valence-electron chi connectivity index (χ3n) is 4.87. The van der Waals surface area contributed by atoms with E-state index in [0.717, 1.165) is 0 Å². The Morgan fingerprint density at radius 1 is 1.12 bits per heavy atom. The van der Waals surface area contributed by atoms with E-state index in [0.29, 0.717) is 16.8 Å². The molecule has 9 nitrogen and oxygen atoms in total. The van der Waals surface area contributed by atoms with E-state index >= 15 is 0 Å². The van der Waals surface area contributed by atoms with E-state index in [4.69, 9.17) is 11.6 Å². The highest BCUT2D eigenvalue weighted by atomic mass is 35.5. The second kappa shape index (κ2) is 9.63. The number of amides is 1. The highest BCUT2D eigenvalue weighted by molar-refractivity contribution is 7.92. The predicted octanol–water partition coefficient (Wildman–Crippen LogP) is 4.17. The van der Waals surface area contributed by atoms with Gasteiger partial charge in [0.25, 0.3) is 5.91 Å². The van der Waals surface area contributed by atoms with Crippen LogP contribution in [0.5, 0.6) is 5.75 Å². The predicted molar refractivity (Wildman–Crippen MR) is 129 cm³/mol. The molecule has 0 saturated heterocycles. The maximum absolute atomic E-state index is 12.7. The standard InChI is InChI=1S/C22H24ClN5O4S/c1-12(2)33(31,32)19-8-6-5-7-16(19)26-20-15(23)11-25-22(28-20)27-17-10-14(21(30)24-4)13(3)9-18(17)29/h5-12,29H,1-4H3,(H,24,30)(H2,25,26,27,28). The van der Waals surface area contributed by atoms with Gasteiger partial charge in [-0.2, -0.15) is 4.98 Å². The zero-order chi connectivity index (χ0) is 24.3. The lowest BCUT2D eigenvalue weighted by Crippen LogP contribution is -2.19. The molecule has 0 fully saturated rings. The molecule has 3 aromatic rings. The molecule has 11 heteroatoms. The van der Waals surface area contributed by atoms with Crippen molar-refractivity contribution in [3.63, 3.8) is 0 Å². The minimum atomic E-state index is -3.56. The van der Waals surface area contributed by atoms with Gasteiger partial charge in [0, 0.05) is 12.6 Å². The molecular formula is C22H24ClN5O4S. The molecule has 0 spiro atoms. The van der Waals surface area contributed by atoms with E-state index in [9.17, 15) is 18.3 Å². The fourth-order valence-corrected chi connectivity index (χ4v) is 4.35. The number of nitrogens with zero attached hydrogens (tertiary/aromatic N) is 2. The molecule has 0 unspecified atom stereocenters. The molecule has 1 aromatic heterocycles. The van der Waals surface area contributed by atoms with Crippen LogP contribution in [0.1, 0.15) is 29.8 Å². The van der Waals surface area contributed by atoms with Crippen LogP contribution in [0.25, 0.3) is 0 Å². The number of sulfone groups is 1. The quantitative estimate of drug-likeness (QED) is 0.363. The van der Waals surface area contributed by atoms with Crippen molar-refractivity contribution in [2.75, 3.05) is 17.7 Å². The van der Waals surface area contributed by atoms with Gasteiger partial charge in [0.1, 0.15) is 10.8 Å². The Bertz CT molecular complexity index is 1310. The van der Waals surface area contributed by atoms with Crippen molar-refractivity contribution >= 4 is 50.5 Å². The summed E-state index contributed by atoms with van der Waals surface area (Å²) < 4.78 is 25.5. The van der Waals surface area contributed by atoms with Gasteiger partial charge in [-0.05, 0) is 50.6 Å². The number of benzene rings is 2. The molecule has 0 radical (unpaired) electrons. The number of nitrogens with one attached hydrogen (secondary N) is 3. The first-order chi connectivity index (χ1) is 15.5. The van der Waals surface area contributed by atoms with E-state index in [1.807, 2.05) is 0 Å². The monoisotopic (exact) mass is 489 g/mol. The van der Waals surface area contributed by atoms with Gasteiger partial charge in [0.05, 0.1) is 27.7 Å². The van der Waals surface area contributed by atoms with Crippen molar-refractivity contribution in [1.82, 2.24) is 15.3 Å². The number of aromatic hydroxyl groups is 1. The van der Waals surface area contributed by atoms with E-state index in [2.05, 4.69) is 25.9 Å². The largest absolute Gasteiger partial charge is 0.506 e. The summed E-state index contributed by atoms with van der Waals surface area (Å²) in [4.78, 5) is 20.6. The summed E-state index contributed by atoms with van der Waals surface area (Å²) in [6.45, 7) is 4.91. The van der Waals surface area contributed by atoms with E-state index < -0.39 is 15.1 Å². The number of hydrogen-bond donors (Lipinski definition) is 4. The Hall–Kier alpha value is -3.37. The third kappa shape index (κ3) is 5.18. The lowest BCUT2D eigenvalue weighted by molar-refractivity contribution is 0.0962. The SMILES string of the molecule is CNC(=O)c1cc(Nc2ncc(Cl)c(Nc3ccccc3S(=O)(=O)C(C)C)n2)c(O)cc1C. The van der Waals surface area contributed by atoms with Gasteiger partial charge in [0.15, 0.2) is 15.7 Å². The highest BCUT2D eigenvalue weighted by Gasteiger charge is 2.23. The lowest BCUT2D eigenvalue weighted by atomic mass is 10.1. The first-order valence-corrected chi connectivity index (χ1v) is 11.9. The Kier molecular flexibility index (Phi) is 7.09. The Morgan fingerprint density at radius 2 is 1.82 bits per heavy atom. The summed E-state index contributed by atoms with van der Waals surface area (Å²) in [5, 5.41) is 18.2. The van der Waals surface area contributed by atoms with Crippen LogP contribution in [0.2, 0.25) is 5.02 Å². The van der Waals surface area contributed by atoms with Crippen molar-refractivity contribution in [3.05, 3.63) is 58.7 Å². The van der Waals surface area contributed by atoms with Crippen LogP contribution in [-0.2, 0) is 9.84 Å². The number of para-hydroxylation sites is 1. The molecule has 3 rings (SSSR count). The molecule has 0 aliphatic carbocycles. The van der Waals surface area contributed by atoms with Gasteiger partial charge in [-0.3, -0.25) is 4.79 Å². The maximum Gasteiger partial charge on any atom is 0.251 e. The molecule has 0 bridgehead atoms. The fraction of sp³-hybridized carbons (Fsp3) is 0.227. The minimum Gasteiger partial charge on any atom is -0.506 e. The molecule has 2 aromatic carbocycles. The van der Waals surface area contributed by atoms with Gasteiger partial charge in [0.2, 0.25) is 5.95 Å². The fourth-order valence-electron chi connectivity index (χ4n) is 3.01. The van der Waals surface area contributed by atoms with Crippen LogP contribution < -0.4 is 16.0 Å². The number of anilines is 4. The average Bonchev–Trinajstić information content (AvgIpc) is 2.77.